The number of ether oxygens (including phenoxy) is 1. The molecule has 0 bridgehead atoms. The second-order valence-corrected chi connectivity index (χ2v) is 6.41. The van der Waals surface area contributed by atoms with E-state index in [2.05, 4.69) is 15.9 Å². The Morgan fingerprint density at radius 1 is 1.26 bits per heavy atom. The monoisotopic (exact) mass is 377 g/mol. The molecule has 0 radical (unpaired) electrons. The molecule has 2 aromatic rings. The van der Waals surface area contributed by atoms with Crippen LogP contribution in [0.2, 0.25) is 0 Å². The van der Waals surface area contributed by atoms with Gasteiger partial charge in [-0.15, -0.1) is 0 Å². The highest BCUT2D eigenvalue weighted by Crippen LogP contribution is 2.26. The van der Waals surface area contributed by atoms with E-state index >= 15 is 0 Å². The summed E-state index contributed by atoms with van der Waals surface area (Å²) >= 11 is 3.41. The molecule has 0 saturated carbocycles. The smallest absolute Gasteiger partial charge is 0.255 e. The Morgan fingerprint density at radius 2 is 2.04 bits per heavy atom. The normalized spacial score (nSPS) is 17.3. The maximum atomic E-state index is 13.3. The molecule has 1 aliphatic heterocycles. The van der Waals surface area contributed by atoms with Crippen LogP contribution in [0.4, 0.5) is 4.39 Å². The van der Waals surface area contributed by atoms with Gasteiger partial charge in [0.2, 0.25) is 0 Å². The molecule has 0 spiro atoms. The highest BCUT2D eigenvalue weighted by molar-refractivity contribution is 9.10. The first-order chi connectivity index (χ1) is 11.1. The quantitative estimate of drug-likeness (QED) is 0.798. The van der Waals surface area contributed by atoms with Gasteiger partial charge in [0.05, 0.1) is 12.1 Å². The Balaban J connectivity index is 1.67. The predicted octanol–water partition coefficient (Wildman–Crippen LogP) is 4.21. The number of rotatable bonds is 4. The summed E-state index contributed by atoms with van der Waals surface area (Å²) in [5, 5.41) is 0. The van der Waals surface area contributed by atoms with E-state index in [4.69, 9.17) is 4.74 Å². The summed E-state index contributed by atoms with van der Waals surface area (Å²) in [5.74, 6) is 0.536. The van der Waals surface area contributed by atoms with E-state index in [1.54, 1.807) is 23.1 Å². The molecule has 0 aromatic heterocycles. The van der Waals surface area contributed by atoms with Crippen molar-refractivity contribution in [2.45, 2.75) is 19.2 Å². The molecule has 0 aliphatic carbocycles. The van der Waals surface area contributed by atoms with Gasteiger partial charge in [-0.3, -0.25) is 4.79 Å². The average molecular weight is 378 g/mol. The second kappa shape index (κ2) is 7.13. The number of halogens is 2. The second-order valence-electron chi connectivity index (χ2n) is 5.55. The summed E-state index contributed by atoms with van der Waals surface area (Å²) in [6.45, 7) is 1.12. The topological polar surface area (TPSA) is 29.5 Å². The highest BCUT2D eigenvalue weighted by atomic mass is 79.9. The SMILES string of the molecule is O=C(c1ccc(OCc2ccccc2)cc1Br)N1CCC(F)C1. The third kappa shape index (κ3) is 3.91. The van der Waals surface area contributed by atoms with Gasteiger partial charge in [0, 0.05) is 11.0 Å². The van der Waals surface area contributed by atoms with Gasteiger partial charge in [-0.25, -0.2) is 4.39 Å². The molecule has 3 nitrogen and oxygen atoms in total. The minimum absolute atomic E-state index is 0.147. The lowest BCUT2D eigenvalue weighted by Crippen LogP contribution is -2.29. The molecule has 1 atom stereocenters. The molecule has 1 aliphatic rings. The maximum absolute atomic E-state index is 13.3. The fourth-order valence-electron chi connectivity index (χ4n) is 2.57. The van der Waals surface area contributed by atoms with Gasteiger partial charge in [0.15, 0.2) is 0 Å². The molecule has 23 heavy (non-hydrogen) atoms. The summed E-state index contributed by atoms with van der Waals surface area (Å²) in [6.07, 6.45) is -0.493. The van der Waals surface area contributed by atoms with Gasteiger partial charge < -0.3 is 9.64 Å². The van der Waals surface area contributed by atoms with Crippen molar-refractivity contribution in [3.63, 3.8) is 0 Å². The van der Waals surface area contributed by atoms with Gasteiger partial charge in [-0.2, -0.15) is 0 Å². The van der Waals surface area contributed by atoms with Crippen LogP contribution in [0.5, 0.6) is 5.75 Å². The summed E-state index contributed by atoms with van der Waals surface area (Å²) in [7, 11) is 0. The van der Waals surface area contributed by atoms with Crippen LogP contribution in [0.3, 0.4) is 0 Å². The van der Waals surface area contributed by atoms with Crippen molar-refractivity contribution in [3.8, 4) is 5.75 Å². The number of alkyl halides is 1. The third-order valence-corrected chi connectivity index (χ3v) is 4.49. The number of carbonyl (C=O) groups excluding carboxylic acids is 1. The molecule has 1 heterocycles. The molecule has 120 valence electrons. The number of benzene rings is 2. The molecule has 2 aromatic carbocycles. The Bertz CT molecular complexity index is 693. The Morgan fingerprint density at radius 3 is 2.70 bits per heavy atom. The summed E-state index contributed by atoms with van der Waals surface area (Å²) < 4.78 is 19.6. The van der Waals surface area contributed by atoms with Gasteiger partial charge >= 0.3 is 0 Å². The van der Waals surface area contributed by atoms with E-state index in [0.717, 1.165) is 5.56 Å². The molecule has 0 N–H and O–H groups in total. The summed E-state index contributed by atoms with van der Waals surface area (Å²) in [5.41, 5.74) is 1.61. The van der Waals surface area contributed by atoms with Crippen LogP contribution in [0, 0.1) is 0 Å². The molecule has 1 unspecified atom stereocenters. The first kappa shape index (κ1) is 16.0. The van der Waals surface area contributed by atoms with E-state index in [1.165, 1.54) is 0 Å². The molecule has 5 heteroatoms. The van der Waals surface area contributed by atoms with Crippen molar-refractivity contribution < 1.29 is 13.9 Å². The Labute approximate surface area is 143 Å². The van der Waals surface area contributed by atoms with Gasteiger partial charge in [-0.1, -0.05) is 30.3 Å². The summed E-state index contributed by atoms with van der Waals surface area (Å²) in [4.78, 5) is 13.9. The van der Waals surface area contributed by atoms with Crippen LogP contribution in [-0.4, -0.2) is 30.1 Å². The van der Waals surface area contributed by atoms with E-state index in [1.807, 2.05) is 30.3 Å². The van der Waals surface area contributed by atoms with E-state index in [0.29, 0.717) is 35.4 Å². The fraction of sp³-hybridized carbons (Fsp3) is 0.278. The van der Waals surface area contributed by atoms with E-state index in [9.17, 15) is 9.18 Å². The number of nitrogens with zero attached hydrogens (tertiary/aromatic N) is 1. The van der Waals surface area contributed by atoms with Crippen molar-refractivity contribution in [2.75, 3.05) is 13.1 Å². The van der Waals surface area contributed by atoms with Gasteiger partial charge in [0.25, 0.3) is 5.91 Å². The van der Waals surface area contributed by atoms with E-state index in [-0.39, 0.29) is 12.5 Å². The van der Waals surface area contributed by atoms with Crippen molar-refractivity contribution in [2.24, 2.45) is 0 Å². The van der Waals surface area contributed by atoms with Crippen LogP contribution in [0.1, 0.15) is 22.3 Å². The number of carbonyl (C=O) groups is 1. The number of likely N-dealkylation sites (tertiary alicyclic amines) is 1. The van der Waals surface area contributed by atoms with Crippen molar-refractivity contribution in [1.29, 1.82) is 0 Å². The van der Waals surface area contributed by atoms with Crippen molar-refractivity contribution >= 4 is 21.8 Å². The molecule has 1 fully saturated rings. The molecule has 1 amide bonds. The minimum atomic E-state index is -0.911. The van der Waals surface area contributed by atoms with Crippen LogP contribution in [0.15, 0.2) is 53.0 Å². The largest absolute Gasteiger partial charge is 0.489 e. The zero-order chi connectivity index (χ0) is 16.2. The van der Waals surface area contributed by atoms with Crippen LogP contribution >= 0.6 is 15.9 Å². The van der Waals surface area contributed by atoms with Crippen LogP contribution < -0.4 is 4.74 Å². The van der Waals surface area contributed by atoms with Crippen molar-refractivity contribution in [1.82, 2.24) is 4.90 Å². The van der Waals surface area contributed by atoms with Crippen LogP contribution in [0.25, 0.3) is 0 Å². The molecular weight excluding hydrogens is 361 g/mol. The number of hydrogen-bond donors (Lipinski definition) is 0. The first-order valence-electron chi connectivity index (χ1n) is 7.53. The highest BCUT2D eigenvalue weighted by Gasteiger charge is 2.27. The lowest BCUT2D eigenvalue weighted by atomic mass is 10.2. The number of amides is 1. The zero-order valence-corrected chi connectivity index (χ0v) is 14.1. The zero-order valence-electron chi connectivity index (χ0n) is 12.5. The van der Waals surface area contributed by atoms with Gasteiger partial charge in [-0.05, 0) is 46.1 Å². The summed E-state index contributed by atoms with van der Waals surface area (Å²) in [6, 6.07) is 15.1. The van der Waals surface area contributed by atoms with Crippen molar-refractivity contribution in [3.05, 3.63) is 64.1 Å². The van der Waals surface area contributed by atoms with E-state index < -0.39 is 6.17 Å². The first-order valence-corrected chi connectivity index (χ1v) is 8.32. The molecular formula is C18H17BrFNO2. The Kier molecular flexibility index (Phi) is 4.96. The number of hydrogen-bond acceptors (Lipinski definition) is 2. The Hall–Kier alpha value is -1.88. The van der Waals surface area contributed by atoms with Gasteiger partial charge in [0.1, 0.15) is 18.5 Å². The average Bonchev–Trinajstić information content (AvgIpc) is 3.00. The maximum Gasteiger partial charge on any atom is 0.255 e. The predicted molar refractivity (Wildman–Crippen MR) is 90.3 cm³/mol. The fourth-order valence-corrected chi connectivity index (χ4v) is 3.10. The third-order valence-electron chi connectivity index (χ3n) is 3.84. The standard InChI is InChI=1S/C18H17BrFNO2/c19-17-10-15(23-12-13-4-2-1-3-5-13)6-7-16(17)18(22)21-9-8-14(20)11-21/h1-7,10,14H,8-9,11-12H2. The lowest BCUT2D eigenvalue weighted by Gasteiger charge is -2.16. The molecule has 1 saturated heterocycles. The minimum Gasteiger partial charge on any atom is -0.489 e. The lowest BCUT2D eigenvalue weighted by molar-refractivity contribution is 0.0782. The van der Waals surface area contributed by atoms with Crippen LogP contribution in [-0.2, 0) is 6.61 Å². The molecule has 3 rings (SSSR count).